The van der Waals surface area contributed by atoms with Gasteiger partial charge in [0.15, 0.2) is 5.54 Å². The molecule has 0 bridgehead atoms. The second-order valence-corrected chi connectivity index (χ2v) is 8.39. The van der Waals surface area contributed by atoms with Crippen molar-refractivity contribution in [2.75, 3.05) is 6.61 Å². The third kappa shape index (κ3) is 5.65. The maximum absolute atomic E-state index is 12.5. The molecule has 31 heavy (non-hydrogen) atoms. The zero-order chi connectivity index (χ0) is 22.8. The van der Waals surface area contributed by atoms with E-state index in [1.54, 1.807) is 12.1 Å². The Hall–Kier alpha value is -2.39. The molecule has 0 radical (unpaired) electrons. The summed E-state index contributed by atoms with van der Waals surface area (Å²) in [5.74, 6) is -0.450. The van der Waals surface area contributed by atoms with Crippen LogP contribution in [0.3, 0.4) is 0 Å². The highest BCUT2D eigenvalue weighted by atomic mass is 35.5. The molecule has 1 aliphatic rings. The summed E-state index contributed by atoms with van der Waals surface area (Å²) in [5, 5.41) is 22.0. The number of benzene rings is 2. The minimum absolute atomic E-state index is 0.0622. The summed E-state index contributed by atoms with van der Waals surface area (Å²) in [4.78, 5) is 12.4. The van der Waals surface area contributed by atoms with Gasteiger partial charge in [0.05, 0.1) is 17.7 Å². The van der Waals surface area contributed by atoms with Crippen LogP contribution in [0, 0.1) is 11.3 Å². The summed E-state index contributed by atoms with van der Waals surface area (Å²) in [6.45, 7) is 1.37. The van der Waals surface area contributed by atoms with Gasteiger partial charge in [0.1, 0.15) is 12.4 Å². The molecule has 0 aromatic heterocycles. The van der Waals surface area contributed by atoms with E-state index in [0.29, 0.717) is 11.0 Å². The normalized spacial score (nSPS) is 15.1. The summed E-state index contributed by atoms with van der Waals surface area (Å²) >= 11 is 5.98. The summed E-state index contributed by atoms with van der Waals surface area (Å²) in [6, 6.07) is 10.0. The van der Waals surface area contributed by atoms with Gasteiger partial charge in [-0.2, -0.15) is 18.4 Å². The van der Waals surface area contributed by atoms with E-state index < -0.39 is 24.1 Å². The molecule has 0 saturated heterocycles. The van der Waals surface area contributed by atoms with Gasteiger partial charge in [-0.3, -0.25) is 4.79 Å². The molecule has 0 unspecified atom stereocenters. The lowest BCUT2D eigenvalue weighted by molar-refractivity contribution is -0.0328. The van der Waals surface area contributed by atoms with Crippen LogP contribution in [0.4, 0.5) is 13.2 Å². The Morgan fingerprint density at radius 2 is 2.03 bits per heavy atom. The Bertz CT molecular complexity index is 1030. The quantitative estimate of drug-likeness (QED) is 0.497. The molecule has 1 heterocycles. The molecule has 0 spiro atoms. The van der Waals surface area contributed by atoms with Gasteiger partial charge in [-0.25, -0.2) is 0 Å². The van der Waals surface area contributed by atoms with Crippen molar-refractivity contribution in [2.24, 2.45) is 0 Å². The number of nitrogens with zero attached hydrogens (tertiary/aromatic N) is 1. The minimum Gasteiger partial charge on any atom is -0.488 e. The van der Waals surface area contributed by atoms with Gasteiger partial charge >= 0.3 is 12.6 Å². The van der Waals surface area contributed by atoms with E-state index in [0.717, 1.165) is 0 Å². The standard InChI is InChI=1S/C19H15BClF3N2O4S/c1-18(9-25,10-29-14-7-4-12-8-30-20(28)15(12)16(14)21)26-17(27)11-2-5-13(6-3-11)31-19(22,23)24/h2-7,28H,8,10H2,1H3,(H,26,27)/t18-/m0/s1. The van der Waals surface area contributed by atoms with Crippen LogP contribution in [0.15, 0.2) is 41.3 Å². The lowest BCUT2D eigenvalue weighted by atomic mass is 9.79. The molecule has 162 valence electrons. The Labute approximate surface area is 185 Å². The number of ether oxygens (including phenoxy) is 1. The second kappa shape index (κ2) is 9.00. The number of nitrogens with one attached hydrogen (secondary N) is 1. The number of hydrogen-bond acceptors (Lipinski definition) is 6. The highest BCUT2D eigenvalue weighted by Crippen LogP contribution is 2.36. The molecular weight excluding hydrogens is 456 g/mol. The number of rotatable bonds is 6. The number of hydrogen-bond donors (Lipinski definition) is 2. The van der Waals surface area contributed by atoms with Crippen LogP contribution >= 0.6 is 23.4 Å². The Morgan fingerprint density at radius 3 is 2.65 bits per heavy atom. The maximum atomic E-state index is 12.5. The van der Waals surface area contributed by atoms with E-state index >= 15 is 0 Å². The van der Waals surface area contributed by atoms with Crippen LogP contribution in [0.2, 0.25) is 5.02 Å². The molecule has 6 nitrogen and oxygen atoms in total. The monoisotopic (exact) mass is 470 g/mol. The Kier molecular flexibility index (Phi) is 6.76. The smallest absolute Gasteiger partial charge is 0.488 e. The van der Waals surface area contributed by atoms with Gasteiger partial charge in [0, 0.05) is 15.9 Å². The molecule has 3 rings (SSSR count). The van der Waals surface area contributed by atoms with Crippen molar-refractivity contribution >= 4 is 41.9 Å². The van der Waals surface area contributed by atoms with Crippen LogP contribution in [-0.2, 0) is 11.3 Å². The fraction of sp³-hybridized carbons (Fsp3) is 0.263. The highest BCUT2D eigenvalue weighted by molar-refractivity contribution is 8.00. The van der Waals surface area contributed by atoms with E-state index in [-0.39, 0.29) is 46.2 Å². The van der Waals surface area contributed by atoms with Crippen LogP contribution in [0.5, 0.6) is 5.75 Å². The summed E-state index contributed by atoms with van der Waals surface area (Å²) < 4.78 is 48.0. The topological polar surface area (TPSA) is 91.6 Å². The zero-order valence-electron chi connectivity index (χ0n) is 16.0. The van der Waals surface area contributed by atoms with Gasteiger partial charge in [-0.15, -0.1) is 0 Å². The first-order valence-electron chi connectivity index (χ1n) is 8.85. The predicted molar refractivity (Wildman–Crippen MR) is 109 cm³/mol. The maximum Gasteiger partial charge on any atom is 0.493 e. The molecule has 1 atom stereocenters. The number of halogens is 4. The number of carbonyl (C=O) groups excluding carboxylic acids is 1. The first kappa shape index (κ1) is 23.3. The molecule has 2 aromatic rings. The minimum atomic E-state index is -4.43. The molecule has 1 amide bonds. The van der Waals surface area contributed by atoms with E-state index in [2.05, 4.69) is 5.32 Å². The molecule has 12 heteroatoms. The molecule has 2 aromatic carbocycles. The van der Waals surface area contributed by atoms with Gasteiger partial charge in [0.2, 0.25) is 0 Å². The lowest BCUT2D eigenvalue weighted by Gasteiger charge is -2.24. The first-order chi connectivity index (χ1) is 14.5. The third-order valence-corrected chi connectivity index (χ3v) is 5.51. The fourth-order valence-electron chi connectivity index (χ4n) is 2.82. The zero-order valence-corrected chi connectivity index (χ0v) is 17.6. The van der Waals surface area contributed by atoms with Crippen molar-refractivity contribution in [1.82, 2.24) is 5.32 Å². The average Bonchev–Trinajstić information content (AvgIpc) is 3.08. The SMILES string of the molecule is C[C@](C#N)(COc1ccc2c(c1Cl)B(O)OC2)NC(=O)c1ccc(SC(F)(F)F)cc1. The fourth-order valence-corrected chi connectivity index (χ4v) is 3.69. The number of nitriles is 1. The predicted octanol–water partition coefficient (Wildman–Crippen LogP) is 3.26. The Morgan fingerprint density at radius 1 is 1.35 bits per heavy atom. The lowest BCUT2D eigenvalue weighted by Crippen LogP contribution is -2.49. The van der Waals surface area contributed by atoms with Crippen molar-refractivity contribution in [3.05, 3.63) is 52.5 Å². The molecule has 0 aliphatic carbocycles. The first-order valence-corrected chi connectivity index (χ1v) is 10.0. The van der Waals surface area contributed by atoms with Crippen molar-refractivity contribution in [2.45, 2.75) is 29.5 Å². The van der Waals surface area contributed by atoms with Gasteiger partial charge < -0.3 is 19.7 Å². The number of fused-ring (bicyclic) bond motifs is 1. The van der Waals surface area contributed by atoms with Crippen molar-refractivity contribution in [3.63, 3.8) is 0 Å². The highest BCUT2D eigenvalue weighted by Gasteiger charge is 2.33. The van der Waals surface area contributed by atoms with Crippen molar-refractivity contribution in [1.29, 1.82) is 5.26 Å². The van der Waals surface area contributed by atoms with Gasteiger partial charge in [0.25, 0.3) is 5.91 Å². The number of thioether (sulfide) groups is 1. The van der Waals surface area contributed by atoms with Gasteiger partial charge in [-0.05, 0) is 54.6 Å². The van der Waals surface area contributed by atoms with Crippen LogP contribution in [0.25, 0.3) is 0 Å². The third-order valence-electron chi connectivity index (χ3n) is 4.38. The molecule has 0 fully saturated rings. The molecule has 0 saturated carbocycles. The summed E-state index contributed by atoms with van der Waals surface area (Å²) in [7, 11) is -1.17. The molecule has 2 N–H and O–H groups in total. The number of amides is 1. The summed E-state index contributed by atoms with van der Waals surface area (Å²) in [5.41, 5.74) is -4.70. The van der Waals surface area contributed by atoms with Crippen molar-refractivity contribution < 1.29 is 32.4 Å². The second-order valence-electron chi connectivity index (χ2n) is 6.87. The van der Waals surface area contributed by atoms with E-state index in [1.807, 2.05) is 6.07 Å². The largest absolute Gasteiger partial charge is 0.493 e. The Balaban J connectivity index is 1.67. The van der Waals surface area contributed by atoms with Crippen LogP contribution in [-0.4, -0.2) is 35.7 Å². The van der Waals surface area contributed by atoms with Crippen LogP contribution in [0.1, 0.15) is 22.8 Å². The number of carbonyl (C=O) groups is 1. The summed E-state index contributed by atoms with van der Waals surface area (Å²) in [6.07, 6.45) is 0. The van der Waals surface area contributed by atoms with Crippen LogP contribution < -0.4 is 15.5 Å². The number of alkyl halides is 3. The van der Waals surface area contributed by atoms with E-state index in [4.69, 9.17) is 21.0 Å². The average molecular weight is 471 g/mol. The molecular formula is C19H15BClF3N2O4S. The van der Waals surface area contributed by atoms with E-state index in [1.165, 1.54) is 31.2 Å². The van der Waals surface area contributed by atoms with Crippen molar-refractivity contribution in [3.8, 4) is 11.8 Å². The van der Waals surface area contributed by atoms with E-state index in [9.17, 15) is 28.3 Å². The molecule has 1 aliphatic heterocycles. The van der Waals surface area contributed by atoms with Gasteiger partial charge in [-0.1, -0.05) is 17.7 Å².